The number of rotatable bonds is 7. The molecule has 0 heterocycles. The van der Waals surface area contributed by atoms with Crippen LogP contribution in [0.2, 0.25) is 0 Å². The van der Waals surface area contributed by atoms with E-state index in [4.69, 9.17) is 4.74 Å². The number of ether oxygens (including phenoxy) is 1. The first-order valence-electron chi connectivity index (χ1n) is 4.85. The minimum absolute atomic E-state index is 0.122. The first-order chi connectivity index (χ1) is 6.40. The van der Waals surface area contributed by atoms with E-state index in [9.17, 15) is 8.42 Å². The first kappa shape index (κ1) is 13.9. The summed E-state index contributed by atoms with van der Waals surface area (Å²) in [6.45, 7) is 6.52. The molecule has 0 fully saturated rings. The van der Waals surface area contributed by atoms with Crippen molar-refractivity contribution in [3.8, 4) is 0 Å². The molecule has 0 radical (unpaired) electrons. The molecule has 0 aromatic rings. The van der Waals surface area contributed by atoms with Crippen LogP contribution in [0.4, 0.5) is 0 Å². The third-order valence-electron chi connectivity index (χ3n) is 2.12. The quantitative estimate of drug-likeness (QED) is 0.636. The van der Waals surface area contributed by atoms with Crippen molar-refractivity contribution in [1.29, 1.82) is 0 Å². The van der Waals surface area contributed by atoms with Crippen molar-refractivity contribution in [2.24, 2.45) is 0 Å². The van der Waals surface area contributed by atoms with Gasteiger partial charge in [-0.3, -0.25) is 0 Å². The minimum Gasteiger partial charge on any atom is -0.380 e. The Morgan fingerprint density at radius 2 is 1.86 bits per heavy atom. The summed E-state index contributed by atoms with van der Waals surface area (Å²) >= 11 is 0. The van der Waals surface area contributed by atoms with Gasteiger partial charge < -0.3 is 10.1 Å². The fourth-order valence-electron chi connectivity index (χ4n) is 0.839. The van der Waals surface area contributed by atoms with Crippen LogP contribution in [-0.2, 0) is 14.6 Å². The molecule has 0 aromatic heterocycles. The van der Waals surface area contributed by atoms with Gasteiger partial charge in [0.05, 0.1) is 17.1 Å². The second-order valence-electron chi connectivity index (χ2n) is 3.67. The summed E-state index contributed by atoms with van der Waals surface area (Å²) in [4.78, 5) is 0. The minimum atomic E-state index is -2.91. The highest BCUT2D eigenvalue weighted by molar-refractivity contribution is 7.92. The molecule has 0 amide bonds. The smallest absolute Gasteiger partial charge is 0.153 e. The Morgan fingerprint density at radius 3 is 2.29 bits per heavy atom. The van der Waals surface area contributed by atoms with Crippen molar-refractivity contribution in [2.75, 3.05) is 26.0 Å². The number of methoxy groups -OCH3 is 1. The zero-order chi connectivity index (χ0) is 11.2. The van der Waals surface area contributed by atoms with Gasteiger partial charge in [-0.05, 0) is 20.8 Å². The van der Waals surface area contributed by atoms with Crippen LogP contribution in [0.25, 0.3) is 0 Å². The number of hydrogen-bond donors (Lipinski definition) is 1. The summed E-state index contributed by atoms with van der Waals surface area (Å²) in [7, 11) is -1.27. The molecule has 0 aromatic carbocycles. The number of nitrogens with one attached hydrogen (secondary N) is 1. The normalized spacial score (nSPS) is 14.6. The summed E-state index contributed by atoms with van der Waals surface area (Å²) in [5.41, 5.74) is 0. The lowest BCUT2D eigenvalue weighted by Gasteiger charge is -2.11. The topological polar surface area (TPSA) is 55.4 Å². The van der Waals surface area contributed by atoms with Gasteiger partial charge in [0.15, 0.2) is 9.84 Å². The van der Waals surface area contributed by atoms with Gasteiger partial charge in [0.1, 0.15) is 0 Å². The Bertz CT molecular complexity index is 236. The highest BCUT2D eigenvalue weighted by Gasteiger charge is 2.14. The van der Waals surface area contributed by atoms with Crippen LogP contribution in [0.3, 0.4) is 0 Å². The van der Waals surface area contributed by atoms with Gasteiger partial charge in [-0.15, -0.1) is 0 Å². The lowest BCUT2D eigenvalue weighted by atomic mass is 10.4. The molecule has 14 heavy (non-hydrogen) atoms. The molecule has 0 aliphatic carbocycles. The van der Waals surface area contributed by atoms with Crippen molar-refractivity contribution < 1.29 is 13.2 Å². The van der Waals surface area contributed by atoms with E-state index in [1.165, 1.54) is 0 Å². The van der Waals surface area contributed by atoms with Crippen molar-refractivity contribution in [3.05, 3.63) is 0 Å². The van der Waals surface area contributed by atoms with Gasteiger partial charge in [0, 0.05) is 20.2 Å². The number of sulfone groups is 1. The SMILES string of the molecule is COC(C)CNCCS(=O)(=O)C(C)C. The Morgan fingerprint density at radius 1 is 1.29 bits per heavy atom. The van der Waals surface area contributed by atoms with E-state index in [1.54, 1.807) is 21.0 Å². The molecule has 1 atom stereocenters. The average Bonchev–Trinajstić information content (AvgIpc) is 2.11. The predicted molar refractivity (Wildman–Crippen MR) is 58.3 cm³/mol. The van der Waals surface area contributed by atoms with Crippen LogP contribution in [0, 0.1) is 0 Å². The Balaban J connectivity index is 3.65. The molecule has 0 aliphatic heterocycles. The van der Waals surface area contributed by atoms with Crippen molar-refractivity contribution in [1.82, 2.24) is 5.32 Å². The van der Waals surface area contributed by atoms with E-state index in [0.717, 1.165) is 0 Å². The standard InChI is InChI=1S/C9H21NO3S/c1-8(2)14(11,12)6-5-10-7-9(3)13-4/h8-10H,5-7H2,1-4H3. The van der Waals surface area contributed by atoms with Gasteiger partial charge in [0.2, 0.25) is 0 Å². The average molecular weight is 223 g/mol. The van der Waals surface area contributed by atoms with Crippen molar-refractivity contribution >= 4 is 9.84 Å². The number of hydrogen-bond acceptors (Lipinski definition) is 4. The molecular formula is C9H21NO3S. The summed E-state index contributed by atoms with van der Waals surface area (Å²) in [5, 5.41) is 2.76. The van der Waals surface area contributed by atoms with Crippen LogP contribution in [-0.4, -0.2) is 45.7 Å². The molecule has 86 valence electrons. The zero-order valence-corrected chi connectivity index (χ0v) is 10.2. The Labute approximate surface area is 86.9 Å². The highest BCUT2D eigenvalue weighted by Crippen LogP contribution is 1.99. The van der Waals surface area contributed by atoms with E-state index in [2.05, 4.69) is 5.32 Å². The maximum atomic E-state index is 11.4. The predicted octanol–water partition coefficient (Wildman–Crippen LogP) is 0.434. The molecule has 4 nitrogen and oxygen atoms in total. The van der Waals surface area contributed by atoms with E-state index < -0.39 is 9.84 Å². The molecule has 1 unspecified atom stereocenters. The van der Waals surface area contributed by atoms with Gasteiger partial charge in [0.25, 0.3) is 0 Å². The van der Waals surface area contributed by atoms with Crippen LogP contribution >= 0.6 is 0 Å². The molecule has 0 saturated heterocycles. The van der Waals surface area contributed by atoms with Crippen molar-refractivity contribution in [2.45, 2.75) is 32.1 Å². The lowest BCUT2D eigenvalue weighted by Crippen LogP contribution is -2.32. The monoisotopic (exact) mass is 223 g/mol. The van der Waals surface area contributed by atoms with E-state index >= 15 is 0 Å². The Kier molecular flexibility index (Phi) is 6.31. The van der Waals surface area contributed by atoms with Gasteiger partial charge in [-0.1, -0.05) is 0 Å². The first-order valence-corrected chi connectivity index (χ1v) is 6.56. The van der Waals surface area contributed by atoms with Gasteiger partial charge in [-0.25, -0.2) is 8.42 Å². The molecule has 0 saturated carbocycles. The second kappa shape index (κ2) is 6.37. The van der Waals surface area contributed by atoms with Gasteiger partial charge in [-0.2, -0.15) is 0 Å². The third kappa shape index (κ3) is 5.57. The summed E-state index contributed by atoms with van der Waals surface area (Å²) in [6, 6.07) is 0. The molecule has 0 bridgehead atoms. The van der Waals surface area contributed by atoms with Crippen LogP contribution < -0.4 is 5.32 Å². The second-order valence-corrected chi connectivity index (χ2v) is 6.34. The summed E-state index contributed by atoms with van der Waals surface area (Å²) in [5.74, 6) is 0.196. The fraction of sp³-hybridized carbons (Fsp3) is 1.00. The highest BCUT2D eigenvalue weighted by atomic mass is 32.2. The maximum Gasteiger partial charge on any atom is 0.153 e. The maximum absolute atomic E-state index is 11.4. The fourth-order valence-corrected chi connectivity index (χ4v) is 1.74. The van der Waals surface area contributed by atoms with Gasteiger partial charge >= 0.3 is 0 Å². The summed E-state index contributed by atoms with van der Waals surface area (Å²) in [6.07, 6.45) is 0.122. The van der Waals surface area contributed by atoms with E-state index in [0.29, 0.717) is 13.1 Å². The van der Waals surface area contributed by atoms with Crippen molar-refractivity contribution in [3.63, 3.8) is 0 Å². The molecule has 0 rings (SSSR count). The van der Waals surface area contributed by atoms with Crippen LogP contribution in [0.15, 0.2) is 0 Å². The van der Waals surface area contributed by atoms with Crippen LogP contribution in [0.5, 0.6) is 0 Å². The molecular weight excluding hydrogens is 202 g/mol. The third-order valence-corrected chi connectivity index (χ3v) is 4.33. The van der Waals surface area contributed by atoms with E-state index in [1.807, 2.05) is 6.92 Å². The zero-order valence-electron chi connectivity index (χ0n) is 9.41. The molecule has 5 heteroatoms. The lowest BCUT2D eigenvalue weighted by molar-refractivity contribution is 0.118. The van der Waals surface area contributed by atoms with Crippen LogP contribution in [0.1, 0.15) is 20.8 Å². The Hall–Kier alpha value is -0.130. The largest absolute Gasteiger partial charge is 0.380 e. The molecule has 0 aliphatic rings. The molecule has 1 N–H and O–H groups in total. The molecule has 0 spiro atoms. The van der Waals surface area contributed by atoms with E-state index in [-0.39, 0.29) is 17.1 Å². The summed E-state index contributed by atoms with van der Waals surface area (Å²) < 4.78 is 27.8.